The third-order valence-electron chi connectivity index (χ3n) is 4.46. The molecule has 1 aromatic carbocycles. The van der Waals surface area contributed by atoms with Crippen molar-refractivity contribution < 1.29 is 13.6 Å². The molecule has 2 aliphatic rings. The fraction of sp³-hybridized carbons (Fsp3) is 0.533. The van der Waals surface area contributed by atoms with Gasteiger partial charge in [-0.1, -0.05) is 6.07 Å². The van der Waals surface area contributed by atoms with Crippen molar-refractivity contribution >= 4 is 5.91 Å². The quantitative estimate of drug-likeness (QED) is 0.894. The van der Waals surface area contributed by atoms with Crippen molar-refractivity contribution in [2.45, 2.75) is 19.3 Å². The molecule has 2 aliphatic heterocycles. The fourth-order valence-electron chi connectivity index (χ4n) is 3.23. The summed E-state index contributed by atoms with van der Waals surface area (Å²) in [6.45, 7) is 3.54. The topological polar surface area (TPSA) is 32.3 Å². The molecule has 3 rings (SSSR count). The molecule has 2 heterocycles. The number of nitrogens with zero attached hydrogens (tertiary/aromatic N) is 1. The van der Waals surface area contributed by atoms with Gasteiger partial charge in [-0.15, -0.1) is 0 Å². The number of amides is 1. The van der Waals surface area contributed by atoms with Crippen molar-refractivity contribution in [1.82, 2.24) is 10.2 Å². The maximum atomic E-state index is 13.1. The van der Waals surface area contributed by atoms with E-state index in [-0.39, 0.29) is 17.7 Å². The number of carbonyl (C=O) groups is 1. The number of hydrogen-bond acceptors (Lipinski definition) is 2. The Morgan fingerprint density at radius 3 is 2.85 bits per heavy atom. The first-order valence-corrected chi connectivity index (χ1v) is 7.00. The average Bonchev–Trinajstić information content (AvgIpc) is 3.05. The Hall–Kier alpha value is -1.49. The van der Waals surface area contributed by atoms with Crippen LogP contribution in [-0.4, -0.2) is 37.0 Å². The molecule has 0 saturated carbocycles. The summed E-state index contributed by atoms with van der Waals surface area (Å²) in [5, 5.41) is 3.35. The maximum absolute atomic E-state index is 13.1. The number of carbonyl (C=O) groups excluding carboxylic acids is 1. The first-order valence-electron chi connectivity index (χ1n) is 7.00. The van der Waals surface area contributed by atoms with Crippen molar-refractivity contribution in [1.29, 1.82) is 0 Å². The SMILES string of the molecule is O=C(Cc1ccc(F)c(F)c1)N1CCC2(CCNC2)C1. The predicted octanol–water partition coefficient (Wildman–Crippen LogP) is 1.72. The molecule has 1 aromatic rings. The first-order chi connectivity index (χ1) is 9.58. The van der Waals surface area contributed by atoms with Crippen LogP contribution in [0.3, 0.4) is 0 Å². The monoisotopic (exact) mass is 280 g/mol. The van der Waals surface area contributed by atoms with E-state index in [2.05, 4.69) is 5.32 Å². The summed E-state index contributed by atoms with van der Waals surface area (Å²) >= 11 is 0. The highest BCUT2D eigenvalue weighted by Gasteiger charge is 2.41. The van der Waals surface area contributed by atoms with Gasteiger partial charge >= 0.3 is 0 Å². The van der Waals surface area contributed by atoms with Gasteiger partial charge in [-0.25, -0.2) is 8.78 Å². The van der Waals surface area contributed by atoms with Crippen LogP contribution >= 0.6 is 0 Å². The van der Waals surface area contributed by atoms with Crippen molar-refractivity contribution in [2.24, 2.45) is 5.41 Å². The lowest BCUT2D eigenvalue weighted by atomic mass is 9.86. The highest BCUT2D eigenvalue weighted by molar-refractivity contribution is 5.79. The number of nitrogens with one attached hydrogen (secondary N) is 1. The lowest BCUT2D eigenvalue weighted by molar-refractivity contribution is -0.129. The molecule has 1 atom stereocenters. The summed E-state index contributed by atoms with van der Waals surface area (Å²) in [6, 6.07) is 3.65. The molecular formula is C15H18F2N2O. The molecule has 1 spiro atoms. The van der Waals surface area contributed by atoms with Crippen LogP contribution in [0, 0.1) is 17.0 Å². The van der Waals surface area contributed by atoms with E-state index in [0.29, 0.717) is 5.56 Å². The highest BCUT2D eigenvalue weighted by Crippen LogP contribution is 2.36. The standard InChI is InChI=1S/C15H18F2N2O/c16-12-2-1-11(7-13(12)17)8-14(20)19-6-4-15(10-19)3-5-18-9-15/h1-2,7,18H,3-6,8-10H2. The van der Waals surface area contributed by atoms with E-state index in [4.69, 9.17) is 0 Å². The Morgan fingerprint density at radius 2 is 2.15 bits per heavy atom. The minimum absolute atomic E-state index is 0.000201. The lowest BCUT2D eigenvalue weighted by Gasteiger charge is -2.22. The Bertz CT molecular complexity index is 527. The summed E-state index contributed by atoms with van der Waals surface area (Å²) in [7, 11) is 0. The number of benzene rings is 1. The van der Waals surface area contributed by atoms with Gasteiger partial charge in [-0.05, 0) is 37.1 Å². The molecular weight excluding hydrogens is 262 g/mol. The fourth-order valence-corrected chi connectivity index (χ4v) is 3.23. The molecule has 0 radical (unpaired) electrons. The minimum atomic E-state index is -0.895. The molecule has 0 bridgehead atoms. The van der Waals surface area contributed by atoms with Crippen LogP contribution in [0.15, 0.2) is 18.2 Å². The van der Waals surface area contributed by atoms with Gasteiger partial charge in [0.15, 0.2) is 11.6 Å². The van der Waals surface area contributed by atoms with E-state index in [0.717, 1.165) is 51.2 Å². The second-order valence-electron chi connectivity index (χ2n) is 5.92. The molecule has 1 amide bonds. The van der Waals surface area contributed by atoms with Crippen molar-refractivity contribution in [3.05, 3.63) is 35.4 Å². The largest absolute Gasteiger partial charge is 0.342 e. The second kappa shape index (κ2) is 5.13. The third kappa shape index (κ3) is 2.54. The number of hydrogen-bond donors (Lipinski definition) is 1. The van der Waals surface area contributed by atoms with E-state index in [1.807, 2.05) is 4.90 Å². The molecule has 1 N–H and O–H groups in total. The number of rotatable bonds is 2. The van der Waals surface area contributed by atoms with Crippen molar-refractivity contribution in [2.75, 3.05) is 26.2 Å². The van der Waals surface area contributed by atoms with Crippen molar-refractivity contribution in [3.63, 3.8) is 0 Å². The van der Waals surface area contributed by atoms with E-state index in [9.17, 15) is 13.6 Å². The lowest BCUT2D eigenvalue weighted by Crippen LogP contribution is -2.34. The van der Waals surface area contributed by atoms with Gasteiger partial charge in [0.2, 0.25) is 5.91 Å². The Kier molecular flexibility index (Phi) is 3.46. The van der Waals surface area contributed by atoms with Crippen LogP contribution < -0.4 is 5.32 Å². The van der Waals surface area contributed by atoms with Gasteiger partial charge in [0, 0.05) is 25.0 Å². The molecule has 0 aliphatic carbocycles. The van der Waals surface area contributed by atoms with Gasteiger partial charge in [0.25, 0.3) is 0 Å². The van der Waals surface area contributed by atoms with Crippen LogP contribution in [0.2, 0.25) is 0 Å². The summed E-state index contributed by atoms with van der Waals surface area (Å²) in [4.78, 5) is 14.1. The zero-order chi connectivity index (χ0) is 14.2. The second-order valence-corrected chi connectivity index (χ2v) is 5.92. The molecule has 20 heavy (non-hydrogen) atoms. The van der Waals surface area contributed by atoms with Gasteiger partial charge < -0.3 is 10.2 Å². The zero-order valence-corrected chi connectivity index (χ0v) is 11.3. The third-order valence-corrected chi connectivity index (χ3v) is 4.46. The van der Waals surface area contributed by atoms with E-state index in [1.165, 1.54) is 6.07 Å². The van der Waals surface area contributed by atoms with Crippen LogP contribution in [0.1, 0.15) is 18.4 Å². The molecule has 2 saturated heterocycles. The van der Waals surface area contributed by atoms with Crippen LogP contribution in [0.25, 0.3) is 0 Å². The minimum Gasteiger partial charge on any atom is -0.342 e. The van der Waals surface area contributed by atoms with Gasteiger partial charge in [-0.2, -0.15) is 0 Å². The number of halogens is 2. The maximum Gasteiger partial charge on any atom is 0.227 e. The van der Waals surface area contributed by atoms with Crippen molar-refractivity contribution in [3.8, 4) is 0 Å². The molecule has 1 unspecified atom stereocenters. The van der Waals surface area contributed by atoms with E-state index in [1.54, 1.807) is 0 Å². The molecule has 5 heteroatoms. The first kappa shape index (κ1) is 13.5. The smallest absolute Gasteiger partial charge is 0.227 e. The molecule has 2 fully saturated rings. The Balaban J connectivity index is 1.63. The van der Waals surface area contributed by atoms with Gasteiger partial charge in [-0.3, -0.25) is 4.79 Å². The van der Waals surface area contributed by atoms with Crippen LogP contribution in [0.5, 0.6) is 0 Å². The summed E-state index contributed by atoms with van der Waals surface area (Å²) in [5.41, 5.74) is 0.767. The van der Waals surface area contributed by atoms with Crippen LogP contribution in [-0.2, 0) is 11.2 Å². The number of likely N-dealkylation sites (tertiary alicyclic amines) is 1. The molecule has 3 nitrogen and oxygen atoms in total. The van der Waals surface area contributed by atoms with E-state index < -0.39 is 11.6 Å². The van der Waals surface area contributed by atoms with Gasteiger partial charge in [0.05, 0.1) is 6.42 Å². The normalized spacial score (nSPS) is 25.6. The summed E-state index contributed by atoms with van der Waals surface area (Å²) < 4.78 is 26.0. The highest BCUT2D eigenvalue weighted by atomic mass is 19.2. The zero-order valence-electron chi connectivity index (χ0n) is 11.3. The average molecular weight is 280 g/mol. The van der Waals surface area contributed by atoms with E-state index >= 15 is 0 Å². The van der Waals surface area contributed by atoms with Gasteiger partial charge in [0.1, 0.15) is 0 Å². The Morgan fingerprint density at radius 1 is 1.30 bits per heavy atom. The Labute approximate surface area is 117 Å². The summed E-state index contributed by atoms with van der Waals surface area (Å²) in [5.74, 6) is -1.77. The predicted molar refractivity (Wildman–Crippen MR) is 71.2 cm³/mol. The van der Waals surface area contributed by atoms with Crippen LogP contribution in [0.4, 0.5) is 8.78 Å². The summed E-state index contributed by atoms with van der Waals surface area (Å²) in [6.07, 6.45) is 2.28. The molecule has 0 aromatic heterocycles. The molecule has 108 valence electrons.